The van der Waals surface area contributed by atoms with Crippen LogP contribution in [0.1, 0.15) is 96.3 Å². The molecular formula is C57H85N11O14. The Morgan fingerprint density at radius 1 is 0.451 bits per heavy atom. The highest BCUT2D eigenvalue weighted by molar-refractivity contribution is 5.98. The van der Waals surface area contributed by atoms with Gasteiger partial charge in [-0.05, 0) is 124 Å². The number of aliphatic hydroxyl groups is 2. The Kier molecular flexibility index (Phi) is 29.4. The number of nitrogens with two attached hydrogens (primary N) is 3. The maximum absolute atomic E-state index is 14.3. The van der Waals surface area contributed by atoms with Crippen molar-refractivity contribution in [3.63, 3.8) is 0 Å². The van der Waals surface area contributed by atoms with Crippen molar-refractivity contribution in [3.8, 4) is 11.5 Å². The number of hydrogen-bond acceptors (Lipinski definition) is 16. The van der Waals surface area contributed by atoms with Gasteiger partial charge in [0.25, 0.3) is 0 Å². The first-order valence-corrected chi connectivity index (χ1v) is 27.6. The van der Waals surface area contributed by atoms with Gasteiger partial charge < -0.3 is 85.3 Å². The Hall–Kier alpha value is -7.71. The zero-order valence-corrected chi connectivity index (χ0v) is 47.3. The monoisotopic (exact) mass is 1150 g/mol. The highest BCUT2D eigenvalue weighted by Crippen LogP contribution is 2.16. The summed E-state index contributed by atoms with van der Waals surface area (Å²) >= 11 is 0. The largest absolute Gasteiger partial charge is 0.508 e. The van der Waals surface area contributed by atoms with E-state index in [0.717, 1.165) is 0 Å². The molecule has 25 nitrogen and oxygen atoms in total. The molecule has 0 spiro atoms. The third-order valence-corrected chi connectivity index (χ3v) is 13.3. The van der Waals surface area contributed by atoms with Crippen molar-refractivity contribution in [1.29, 1.82) is 0 Å². The molecule has 0 fully saturated rings. The SMILES string of the molecule is CC(C)C[C@H](NC(=O)[C@H](Cc1ccccc1)NC(=O)[C@@H](NC(=O)[C@H](CCCCN)NC(=O)[C@H](CCCCN)NC(=O)[C@@H](NC(=O)[C@H](CO)NC(=O)[C@H](Cc1ccc(O)cc1)NC(=O)[C@@H](N)Cc1ccc(O)cc1)C(C)C)[C@@H](C)O)C(=O)O. The molecule has 8 amide bonds. The zero-order valence-electron chi connectivity index (χ0n) is 47.3. The minimum absolute atomic E-state index is 0.00376. The normalized spacial score (nSPS) is 14.9. The lowest BCUT2D eigenvalue weighted by atomic mass is 10.0. The van der Waals surface area contributed by atoms with E-state index in [0.29, 0.717) is 42.4 Å². The number of carboxylic acids is 1. The predicted molar refractivity (Wildman–Crippen MR) is 304 cm³/mol. The van der Waals surface area contributed by atoms with Crippen LogP contribution >= 0.6 is 0 Å². The fourth-order valence-corrected chi connectivity index (χ4v) is 8.59. The molecule has 0 radical (unpaired) electrons. The fourth-order valence-electron chi connectivity index (χ4n) is 8.59. The van der Waals surface area contributed by atoms with E-state index < -0.39 is 126 Å². The van der Waals surface area contributed by atoms with Crippen LogP contribution in [0.4, 0.5) is 0 Å². The number of phenolic OH excluding ortho intramolecular Hbond substituents is 2. The lowest BCUT2D eigenvalue weighted by Gasteiger charge is -2.29. The number of carbonyl (C=O) groups is 9. The van der Waals surface area contributed by atoms with E-state index in [1.165, 1.54) is 43.3 Å². The van der Waals surface area contributed by atoms with Gasteiger partial charge >= 0.3 is 5.97 Å². The zero-order chi connectivity index (χ0) is 61.1. The topological polar surface area (TPSA) is 429 Å². The number of aliphatic carboxylic acids is 1. The van der Waals surface area contributed by atoms with E-state index in [4.69, 9.17) is 17.2 Å². The molecule has 452 valence electrons. The van der Waals surface area contributed by atoms with E-state index in [1.54, 1.807) is 70.2 Å². The van der Waals surface area contributed by atoms with Crippen molar-refractivity contribution in [2.24, 2.45) is 29.0 Å². The second kappa shape index (κ2) is 35.2. The highest BCUT2D eigenvalue weighted by Gasteiger charge is 2.37. The van der Waals surface area contributed by atoms with Gasteiger partial charge in [-0.3, -0.25) is 38.4 Å². The number of rotatable bonds is 36. The number of aliphatic hydroxyl groups excluding tert-OH is 2. The van der Waals surface area contributed by atoms with E-state index >= 15 is 0 Å². The molecule has 0 aliphatic carbocycles. The Labute approximate surface area is 478 Å². The fraction of sp³-hybridized carbons (Fsp3) is 0.526. The molecule has 0 saturated heterocycles. The van der Waals surface area contributed by atoms with Crippen LogP contribution in [-0.4, -0.2) is 159 Å². The van der Waals surface area contributed by atoms with Crippen LogP contribution in [0.5, 0.6) is 11.5 Å². The minimum atomic E-state index is -1.70. The second-order valence-electron chi connectivity index (χ2n) is 21.1. The molecule has 3 aromatic carbocycles. The average Bonchev–Trinajstić information content (AvgIpc) is 3.52. The van der Waals surface area contributed by atoms with Crippen molar-refractivity contribution < 1.29 is 68.7 Å². The smallest absolute Gasteiger partial charge is 0.326 e. The molecular weight excluding hydrogens is 1060 g/mol. The Balaban J connectivity index is 1.84. The van der Waals surface area contributed by atoms with Gasteiger partial charge in [-0.1, -0.05) is 82.3 Å². The predicted octanol–water partition coefficient (Wildman–Crippen LogP) is -1.25. The number of carbonyl (C=O) groups excluding carboxylic acids is 8. The molecule has 19 N–H and O–H groups in total. The Morgan fingerprint density at radius 2 is 0.829 bits per heavy atom. The first-order chi connectivity index (χ1) is 38.9. The molecule has 3 aromatic rings. The molecule has 3 rings (SSSR count). The molecule has 25 heteroatoms. The van der Waals surface area contributed by atoms with Crippen molar-refractivity contribution >= 4 is 53.2 Å². The third-order valence-electron chi connectivity index (χ3n) is 13.3. The van der Waals surface area contributed by atoms with Gasteiger partial charge in [-0.25, -0.2) is 4.79 Å². The summed E-state index contributed by atoms with van der Waals surface area (Å²) in [5, 5.41) is 71.1. The van der Waals surface area contributed by atoms with Gasteiger partial charge in [0.05, 0.1) is 18.8 Å². The summed E-state index contributed by atoms with van der Waals surface area (Å²) in [4.78, 5) is 124. The van der Waals surface area contributed by atoms with Crippen LogP contribution in [0.15, 0.2) is 78.9 Å². The van der Waals surface area contributed by atoms with E-state index in [9.17, 15) is 68.7 Å². The van der Waals surface area contributed by atoms with Gasteiger partial charge in [-0.2, -0.15) is 0 Å². The van der Waals surface area contributed by atoms with Gasteiger partial charge in [-0.15, -0.1) is 0 Å². The van der Waals surface area contributed by atoms with Crippen LogP contribution in [0.2, 0.25) is 0 Å². The van der Waals surface area contributed by atoms with Gasteiger partial charge in [0.15, 0.2) is 0 Å². The minimum Gasteiger partial charge on any atom is -0.508 e. The summed E-state index contributed by atoms with van der Waals surface area (Å²) in [5.74, 6) is -9.22. The van der Waals surface area contributed by atoms with Crippen LogP contribution in [-0.2, 0) is 62.4 Å². The van der Waals surface area contributed by atoms with E-state index in [1.807, 2.05) is 0 Å². The quantitative estimate of drug-likeness (QED) is 0.0303. The van der Waals surface area contributed by atoms with Crippen LogP contribution in [0, 0.1) is 11.8 Å². The van der Waals surface area contributed by atoms with Gasteiger partial charge in [0, 0.05) is 12.8 Å². The maximum Gasteiger partial charge on any atom is 0.326 e. The maximum atomic E-state index is 14.3. The molecule has 0 heterocycles. The summed E-state index contributed by atoms with van der Waals surface area (Å²) < 4.78 is 0. The third kappa shape index (κ3) is 23.8. The first-order valence-electron chi connectivity index (χ1n) is 27.6. The molecule has 0 unspecified atom stereocenters. The number of aromatic hydroxyl groups is 2. The van der Waals surface area contributed by atoms with Crippen molar-refractivity contribution in [2.45, 2.75) is 159 Å². The molecule has 82 heavy (non-hydrogen) atoms. The Bertz CT molecular complexity index is 2540. The number of phenols is 2. The first kappa shape index (κ1) is 68.6. The Morgan fingerprint density at radius 3 is 1.28 bits per heavy atom. The van der Waals surface area contributed by atoms with Crippen LogP contribution < -0.4 is 59.7 Å². The summed E-state index contributed by atoms with van der Waals surface area (Å²) in [6, 6.07) is 7.65. The molecule has 10 atom stereocenters. The number of nitrogens with one attached hydrogen (secondary N) is 8. The van der Waals surface area contributed by atoms with Crippen molar-refractivity contribution in [3.05, 3.63) is 95.6 Å². The van der Waals surface area contributed by atoms with Gasteiger partial charge in [0.1, 0.15) is 59.8 Å². The molecule has 0 aliphatic rings. The number of carboxylic acid groups (broad SMARTS) is 1. The van der Waals surface area contributed by atoms with Gasteiger partial charge in [0.2, 0.25) is 47.3 Å². The van der Waals surface area contributed by atoms with E-state index in [-0.39, 0.29) is 69.0 Å². The summed E-state index contributed by atoms with van der Waals surface area (Å²) in [5.41, 5.74) is 19.5. The summed E-state index contributed by atoms with van der Waals surface area (Å²) in [7, 11) is 0. The van der Waals surface area contributed by atoms with Crippen molar-refractivity contribution in [1.82, 2.24) is 42.5 Å². The highest BCUT2D eigenvalue weighted by atomic mass is 16.4. The van der Waals surface area contributed by atoms with Crippen molar-refractivity contribution in [2.75, 3.05) is 19.7 Å². The standard InChI is InChI=1S/C57H85N11O14/c1-32(2)27-45(57(81)82)65-52(76)44(29-35-13-7-6-8-14-35)64-56(80)48(34(5)70)68-51(75)42(16-10-12-26-59)61-50(74)41(15-9-11-25-58)62-55(79)47(33(3)4)67-54(78)46(31-69)66-53(77)43(30-37-19-23-39(72)24-20-37)63-49(73)40(60)28-36-17-21-38(71)22-18-36/h6-8,13-14,17-24,32-34,40-48,69-72H,9-12,15-16,25-31,58-60H2,1-5H3,(H,61,74)(H,62,79)(H,63,73)(H,64,80)(H,65,76)(H,66,77)(H,67,78)(H,68,75)(H,81,82)/t34-,40+,41+,42+,43+,44+,45+,46+,47+,48+/m1/s1. The van der Waals surface area contributed by atoms with Crippen LogP contribution in [0.25, 0.3) is 0 Å². The van der Waals surface area contributed by atoms with Crippen LogP contribution in [0.3, 0.4) is 0 Å². The number of hydrogen-bond donors (Lipinski definition) is 16. The molecule has 0 aliphatic heterocycles. The number of unbranched alkanes of at least 4 members (excludes halogenated alkanes) is 2. The second-order valence-corrected chi connectivity index (χ2v) is 21.1. The summed E-state index contributed by atoms with van der Waals surface area (Å²) in [6.45, 7) is 7.46. The molecule has 0 bridgehead atoms. The molecule has 0 saturated carbocycles. The lowest BCUT2D eigenvalue weighted by Crippen LogP contribution is -2.62. The average molecular weight is 1150 g/mol. The summed E-state index contributed by atoms with van der Waals surface area (Å²) in [6.07, 6.45) is -0.264. The number of amides is 8. The number of benzene rings is 3. The molecule has 0 aromatic heterocycles. The van der Waals surface area contributed by atoms with E-state index in [2.05, 4.69) is 42.5 Å². The lowest BCUT2D eigenvalue weighted by molar-refractivity contribution is -0.143.